The summed E-state index contributed by atoms with van der Waals surface area (Å²) >= 11 is 0. The Hall–Kier alpha value is -1.57. The number of aromatic nitrogens is 1. The van der Waals surface area contributed by atoms with Crippen LogP contribution in [0.3, 0.4) is 0 Å². The van der Waals surface area contributed by atoms with E-state index in [1.165, 1.54) is 0 Å². The third-order valence-corrected chi connectivity index (χ3v) is 1.87. The molecule has 0 aliphatic heterocycles. The minimum atomic E-state index is 0.480. The smallest absolute Gasteiger partial charge is 0.223 e. The molecule has 12 heavy (non-hydrogen) atoms. The lowest BCUT2D eigenvalue weighted by Gasteiger charge is -2.02. The molecule has 2 aromatic rings. The van der Waals surface area contributed by atoms with Crippen molar-refractivity contribution in [1.29, 1.82) is 0 Å². The third kappa shape index (κ3) is 0.925. The van der Waals surface area contributed by atoms with Crippen LogP contribution in [-0.4, -0.2) is 0 Å². The Morgan fingerprint density at radius 1 is 1.08 bits per heavy atom. The lowest BCUT2D eigenvalue weighted by molar-refractivity contribution is -0.581. The highest BCUT2D eigenvalue weighted by Crippen LogP contribution is 2.08. The second-order valence-corrected chi connectivity index (χ2v) is 2.68. The monoisotopic (exact) mass is 158 g/mol. The Morgan fingerprint density at radius 2 is 1.83 bits per heavy atom. The first-order valence-electron chi connectivity index (χ1n) is 3.72. The van der Waals surface area contributed by atoms with E-state index >= 15 is 0 Å². The average Bonchev–Trinajstić information content (AvgIpc) is 2.12. The molecule has 0 bridgehead atoms. The SMILES string of the molecule is [CH2]c1ccc2ccccc2[n+]1[O-]. The maximum absolute atomic E-state index is 11.4. The second kappa shape index (κ2) is 2.48. The van der Waals surface area contributed by atoms with Crippen LogP contribution >= 0.6 is 0 Å². The quantitative estimate of drug-likeness (QED) is 0.423. The van der Waals surface area contributed by atoms with Crippen LogP contribution in [0.4, 0.5) is 0 Å². The van der Waals surface area contributed by atoms with Crippen LogP contribution < -0.4 is 4.73 Å². The zero-order chi connectivity index (χ0) is 8.55. The summed E-state index contributed by atoms with van der Waals surface area (Å²) in [4.78, 5) is 0. The number of fused-ring (bicyclic) bond motifs is 1. The fraction of sp³-hybridized carbons (Fsp3) is 0. The Labute approximate surface area is 70.7 Å². The molecule has 1 radical (unpaired) electrons. The summed E-state index contributed by atoms with van der Waals surface area (Å²) < 4.78 is 0.843. The third-order valence-electron chi connectivity index (χ3n) is 1.87. The minimum absolute atomic E-state index is 0.480. The van der Waals surface area contributed by atoms with Gasteiger partial charge in [0.25, 0.3) is 0 Å². The van der Waals surface area contributed by atoms with Gasteiger partial charge < -0.3 is 5.21 Å². The molecular weight excluding hydrogens is 150 g/mol. The average molecular weight is 158 g/mol. The number of nitrogens with zero attached hydrogens (tertiary/aromatic N) is 1. The normalized spacial score (nSPS) is 10.4. The van der Waals surface area contributed by atoms with E-state index in [0.29, 0.717) is 11.2 Å². The molecule has 59 valence electrons. The molecule has 2 heteroatoms. The molecule has 1 heterocycles. The highest BCUT2D eigenvalue weighted by Gasteiger charge is 2.03. The van der Waals surface area contributed by atoms with E-state index in [0.717, 1.165) is 10.1 Å². The van der Waals surface area contributed by atoms with Gasteiger partial charge in [0.2, 0.25) is 5.52 Å². The van der Waals surface area contributed by atoms with Gasteiger partial charge in [0, 0.05) is 24.4 Å². The summed E-state index contributed by atoms with van der Waals surface area (Å²) in [7, 11) is 0. The zero-order valence-corrected chi connectivity index (χ0v) is 6.53. The molecule has 0 fully saturated rings. The van der Waals surface area contributed by atoms with Gasteiger partial charge in [0.15, 0.2) is 5.69 Å². The number of hydrogen-bond acceptors (Lipinski definition) is 1. The summed E-state index contributed by atoms with van der Waals surface area (Å²) in [5.41, 5.74) is 1.15. The minimum Gasteiger partial charge on any atom is -0.618 e. The lowest BCUT2D eigenvalue weighted by atomic mass is 10.2. The summed E-state index contributed by atoms with van der Waals surface area (Å²) in [5, 5.41) is 12.3. The van der Waals surface area contributed by atoms with Gasteiger partial charge in [-0.15, -0.1) is 0 Å². The Balaban J connectivity index is 2.91. The van der Waals surface area contributed by atoms with E-state index in [1.54, 1.807) is 12.1 Å². The van der Waals surface area contributed by atoms with Crippen LogP contribution in [0.5, 0.6) is 0 Å². The Kier molecular flexibility index (Phi) is 1.47. The molecule has 2 nitrogen and oxygen atoms in total. The van der Waals surface area contributed by atoms with Crippen LogP contribution in [0.2, 0.25) is 0 Å². The zero-order valence-electron chi connectivity index (χ0n) is 6.53. The maximum Gasteiger partial charge on any atom is 0.223 e. The molecule has 0 aliphatic rings. The van der Waals surface area contributed by atoms with Crippen molar-refractivity contribution in [1.82, 2.24) is 0 Å². The molecule has 0 aliphatic carbocycles. The van der Waals surface area contributed by atoms with E-state index in [2.05, 4.69) is 6.92 Å². The molecule has 1 aromatic heterocycles. The molecule has 2 rings (SSSR count). The Morgan fingerprint density at radius 3 is 2.67 bits per heavy atom. The van der Waals surface area contributed by atoms with Crippen molar-refractivity contribution < 1.29 is 4.73 Å². The van der Waals surface area contributed by atoms with Gasteiger partial charge in [-0.25, -0.2) is 0 Å². The van der Waals surface area contributed by atoms with Gasteiger partial charge in [-0.05, 0) is 12.1 Å². The lowest BCUT2D eigenvalue weighted by Crippen LogP contribution is -2.30. The van der Waals surface area contributed by atoms with E-state index in [4.69, 9.17) is 0 Å². The summed E-state index contributed by atoms with van der Waals surface area (Å²) in [6.07, 6.45) is 0. The summed E-state index contributed by atoms with van der Waals surface area (Å²) in [6.45, 7) is 3.62. The van der Waals surface area contributed by atoms with Crippen molar-refractivity contribution in [2.24, 2.45) is 0 Å². The predicted octanol–water partition coefficient (Wildman–Crippen LogP) is 1.66. The van der Waals surface area contributed by atoms with Crippen LogP contribution in [0.25, 0.3) is 10.9 Å². The highest BCUT2D eigenvalue weighted by atomic mass is 16.5. The van der Waals surface area contributed by atoms with Crippen molar-refractivity contribution in [3.05, 3.63) is 54.2 Å². The highest BCUT2D eigenvalue weighted by molar-refractivity contribution is 5.75. The molecule has 0 spiro atoms. The molecule has 0 unspecified atom stereocenters. The predicted molar refractivity (Wildman–Crippen MR) is 47.4 cm³/mol. The Bertz CT molecular complexity index is 423. The molecule has 0 amide bonds. The van der Waals surface area contributed by atoms with Crippen molar-refractivity contribution in [2.75, 3.05) is 0 Å². The van der Waals surface area contributed by atoms with Crippen LogP contribution in [-0.2, 0) is 0 Å². The largest absolute Gasteiger partial charge is 0.618 e. The van der Waals surface area contributed by atoms with Gasteiger partial charge >= 0.3 is 0 Å². The van der Waals surface area contributed by atoms with Gasteiger partial charge in [0.1, 0.15) is 0 Å². The van der Waals surface area contributed by atoms with Crippen LogP contribution in [0.1, 0.15) is 5.69 Å². The van der Waals surface area contributed by atoms with Gasteiger partial charge in [-0.2, -0.15) is 4.73 Å². The molecule has 0 N–H and O–H groups in total. The second-order valence-electron chi connectivity index (χ2n) is 2.68. The topological polar surface area (TPSA) is 26.9 Å². The van der Waals surface area contributed by atoms with E-state index < -0.39 is 0 Å². The molecule has 1 aromatic carbocycles. The standard InChI is InChI=1S/C10H8NO/c1-8-6-7-9-4-2-3-5-10(9)11(8)12/h2-7H,1H2. The summed E-state index contributed by atoms with van der Waals surface area (Å²) in [6, 6.07) is 11.1. The van der Waals surface area contributed by atoms with Crippen molar-refractivity contribution in [3.8, 4) is 0 Å². The van der Waals surface area contributed by atoms with Crippen LogP contribution in [0.15, 0.2) is 36.4 Å². The maximum atomic E-state index is 11.4. The molecule has 0 atom stereocenters. The molecule has 0 saturated heterocycles. The van der Waals surface area contributed by atoms with E-state index in [9.17, 15) is 5.21 Å². The molecular formula is C10H8NO. The van der Waals surface area contributed by atoms with Crippen molar-refractivity contribution in [2.45, 2.75) is 0 Å². The number of para-hydroxylation sites is 1. The fourth-order valence-electron chi connectivity index (χ4n) is 1.22. The first-order chi connectivity index (χ1) is 5.79. The number of rotatable bonds is 0. The summed E-state index contributed by atoms with van der Waals surface area (Å²) in [5.74, 6) is 0. The number of hydrogen-bond donors (Lipinski definition) is 0. The van der Waals surface area contributed by atoms with E-state index in [-0.39, 0.29) is 0 Å². The number of pyridine rings is 1. The number of benzene rings is 1. The van der Waals surface area contributed by atoms with Gasteiger partial charge in [-0.1, -0.05) is 12.1 Å². The van der Waals surface area contributed by atoms with Crippen molar-refractivity contribution in [3.63, 3.8) is 0 Å². The first-order valence-corrected chi connectivity index (χ1v) is 3.72. The van der Waals surface area contributed by atoms with Crippen molar-refractivity contribution >= 4 is 10.9 Å². The first kappa shape index (κ1) is 7.10. The van der Waals surface area contributed by atoms with Crippen LogP contribution in [0, 0.1) is 12.1 Å². The fourth-order valence-corrected chi connectivity index (χ4v) is 1.22. The van der Waals surface area contributed by atoms with Gasteiger partial charge in [0.05, 0.1) is 0 Å². The van der Waals surface area contributed by atoms with E-state index in [1.807, 2.05) is 24.3 Å². The molecule has 0 saturated carbocycles. The van der Waals surface area contributed by atoms with Gasteiger partial charge in [-0.3, -0.25) is 0 Å².